The number of thiazole rings is 1. The normalized spacial score (nSPS) is 16.8. The van der Waals surface area contributed by atoms with Gasteiger partial charge in [-0.05, 0) is 50.5 Å². The van der Waals surface area contributed by atoms with Gasteiger partial charge in [0.2, 0.25) is 0 Å². The van der Waals surface area contributed by atoms with Crippen LogP contribution in [0.4, 0.5) is 10.1 Å². The third-order valence-corrected chi connectivity index (χ3v) is 5.84. The summed E-state index contributed by atoms with van der Waals surface area (Å²) in [5, 5.41) is 3.19. The highest BCUT2D eigenvalue weighted by Gasteiger charge is 2.24. The largest absolute Gasteiger partial charge is 0.363 e. The molecule has 0 bridgehead atoms. The minimum atomic E-state index is -0.149. The first-order valence-corrected chi connectivity index (χ1v) is 9.54. The topological polar surface area (TPSA) is 16.1 Å². The number of aromatic nitrogens is 1. The molecular weight excluding hydrogens is 331 g/mol. The lowest BCUT2D eigenvalue weighted by molar-refractivity contribution is 0.551. The fourth-order valence-corrected chi connectivity index (χ4v) is 4.23. The SMILES string of the molecule is Cc1ccc(-c2nc(CN3c4ccc(F)cc4CCC3C)cs2)cc1. The Kier molecular flexibility index (Phi) is 4.30. The fraction of sp³-hybridized carbons (Fsp3) is 0.286. The van der Waals surface area contributed by atoms with Gasteiger partial charge in [-0.15, -0.1) is 11.3 Å². The highest BCUT2D eigenvalue weighted by molar-refractivity contribution is 7.13. The second-order valence-corrected chi connectivity index (χ2v) is 7.66. The number of hydrogen-bond donors (Lipinski definition) is 0. The standard InChI is InChI=1S/C21H21FN2S/c1-14-3-6-16(7-4-14)21-23-19(13-25-21)12-24-15(2)5-8-17-11-18(22)9-10-20(17)24/h3-4,6-7,9-11,13,15H,5,8,12H2,1-2H3. The van der Waals surface area contributed by atoms with E-state index in [1.807, 2.05) is 6.07 Å². The zero-order chi connectivity index (χ0) is 17.4. The van der Waals surface area contributed by atoms with Gasteiger partial charge in [0.15, 0.2) is 0 Å². The molecule has 2 nitrogen and oxygen atoms in total. The first-order valence-electron chi connectivity index (χ1n) is 8.66. The van der Waals surface area contributed by atoms with E-state index < -0.39 is 0 Å². The summed E-state index contributed by atoms with van der Waals surface area (Å²) < 4.78 is 13.5. The predicted octanol–water partition coefficient (Wildman–Crippen LogP) is 5.60. The van der Waals surface area contributed by atoms with Crippen molar-refractivity contribution in [3.63, 3.8) is 0 Å². The summed E-state index contributed by atoms with van der Waals surface area (Å²) in [6.07, 6.45) is 1.99. The number of benzene rings is 2. The minimum absolute atomic E-state index is 0.149. The fourth-order valence-electron chi connectivity index (χ4n) is 3.42. The molecular formula is C21H21FN2S. The summed E-state index contributed by atoms with van der Waals surface area (Å²) in [6.45, 7) is 5.09. The number of rotatable bonds is 3. The van der Waals surface area contributed by atoms with Gasteiger partial charge in [0.1, 0.15) is 10.8 Å². The molecule has 128 valence electrons. The molecule has 0 radical (unpaired) electrons. The highest BCUT2D eigenvalue weighted by Crippen LogP contribution is 2.33. The maximum absolute atomic E-state index is 13.5. The third-order valence-electron chi connectivity index (χ3n) is 4.90. The van der Waals surface area contributed by atoms with Gasteiger partial charge in [0.05, 0.1) is 12.2 Å². The van der Waals surface area contributed by atoms with Crippen LogP contribution < -0.4 is 4.90 Å². The Morgan fingerprint density at radius 1 is 1.20 bits per heavy atom. The van der Waals surface area contributed by atoms with E-state index in [-0.39, 0.29) is 5.82 Å². The van der Waals surface area contributed by atoms with Crippen LogP contribution >= 0.6 is 11.3 Å². The molecule has 1 atom stereocenters. The zero-order valence-corrected chi connectivity index (χ0v) is 15.3. The Morgan fingerprint density at radius 3 is 2.80 bits per heavy atom. The van der Waals surface area contributed by atoms with E-state index in [1.165, 1.54) is 5.56 Å². The van der Waals surface area contributed by atoms with Crippen molar-refractivity contribution in [3.05, 3.63) is 70.5 Å². The Balaban J connectivity index is 1.59. The molecule has 4 rings (SSSR count). The molecule has 1 aliphatic rings. The average molecular weight is 352 g/mol. The molecule has 0 spiro atoms. The van der Waals surface area contributed by atoms with Crippen molar-refractivity contribution in [3.8, 4) is 10.6 Å². The van der Waals surface area contributed by atoms with E-state index >= 15 is 0 Å². The molecule has 1 aliphatic heterocycles. The summed E-state index contributed by atoms with van der Waals surface area (Å²) in [5.74, 6) is -0.149. The van der Waals surface area contributed by atoms with Gasteiger partial charge in [0.25, 0.3) is 0 Å². The van der Waals surface area contributed by atoms with Crippen molar-refractivity contribution < 1.29 is 4.39 Å². The van der Waals surface area contributed by atoms with Crippen LogP contribution in [-0.2, 0) is 13.0 Å². The molecule has 0 saturated heterocycles. The van der Waals surface area contributed by atoms with Crippen LogP contribution in [0.1, 0.15) is 30.2 Å². The predicted molar refractivity (Wildman–Crippen MR) is 103 cm³/mol. The molecule has 0 N–H and O–H groups in total. The van der Waals surface area contributed by atoms with Gasteiger partial charge in [-0.1, -0.05) is 29.8 Å². The van der Waals surface area contributed by atoms with Crippen LogP contribution in [0.2, 0.25) is 0 Å². The van der Waals surface area contributed by atoms with Gasteiger partial charge >= 0.3 is 0 Å². The van der Waals surface area contributed by atoms with Crippen LogP contribution in [-0.4, -0.2) is 11.0 Å². The molecule has 0 amide bonds. The van der Waals surface area contributed by atoms with E-state index in [0.717, 1.165) is 46.9 Å². The molecule has 2 heterocycles. The van der Waals surface area contributed by atoms with Crippen molar-refractivity contribution in [2.75, 3.05) is 4.90 Å². The highest BCUT2D eigenvalue weighted by atomic mass is 32.1. The second-order valence-electron chi connectivity index (χ2n) is 6.80. The van der Waals surface area contributed by atoms with Gasteiger partial charge in [-0.25, -0.2) is 9.37 Å². The smallest absolute Gasteiger partial charge is 0.123 e. The van der Waals surface area contributed by atoms with Crippen LogP contribution in [0, 0.1) is 12.7 Å². The van der Waals surface area contributed by atoms with Crippen LogP contribution in [0.15, 0.2) is 47.8 Å². The summed E-state index contributed by atoms with van der Waals surface area (Å²) in [7, 11) is 0. The Morgan fingerprint density at radius 2 is 2.00 bits per heavy atom. The van der Waals surface area contributed by atoms with E-state index in [4.69, 9.17) is 4.98 Å². The lowest BCUT2D eigenvalue weighted by Crippen LogP contribution is -2.36. The van der Waals surface area contributed by atoms with Crippen molar-refractivity contribution in [2.45, 2.75) is 39.3 Å². The Hall–Kier alpha value is -2.20. The lowest BCUT2D eigenvalue weighted by atomic mass is 9.96. The maximum Gasteiger partial charge on any atom is 0.123 e. The van der Waals surface area contributed by atoms with E-state index in [0.29, 0.717) is 6.04 Å². The molecule has 0 fully saturated rings. The van der Waals surface area contributed by atoms with Crippen molar-refractivity contribution in [1.82, 2.24) is 4.98 Å². The molecule has 0 aliphatic carbocycles. The van der Waals surface area contributed by atoms with Crippen molar-refractivity contribution in [2.24, 2.45) is 0 Å². The van der Waals surface area contributed by atoms with Crippen LogP contribution in [0.25, 0.3) is 10.6 Å². The molecule has 1 unspecified atom stereocenters. The van der Waals surface area contributed by atoms with Gasteiger partial charge in [0, 0.05) is 22.7 Å². The van der Waals surface area contributed by atoms with E-state index in [1.54, 1.807) is 23.5 Å². The first kappa shape index (κ1) is 16.3. The zero-order valence-electron chi connectivity index (χ0n) is 14.5. The van der Waals surface area contributed by atoms with E-state index in [2.05, 4.69) is 48.4 Å². The van der Waals surface area contributed by atoms with Crippen molar-refractivity contribution in [1.29, 1.82) is 0 Å². The molecule has 4 heteroatoms. The summed E-state index contributed by atoms with van der Waals surface area (Å²) in [6, 6.07) is 14.1. The first-order chi connectivity index (χ1) is 12.1. The molecule has 0 saturated carbocycles. The summed E-state index contributed by atoms with van der Waals surface area (Å²) in [5.41, 5.74) is 5.74. The molecule has 25 heavy (non-hydrogen) atoms. The monoisotopic (exact) mass is 352 g/mol. The number of nitrogens with zero attached hydrogens (tertiary/aromatic N) is 2. The second kappa shape index (κ2) is 6.60. The van der Waals surface area contributed by atoms with Gasteiger partial charge in [-0.2, -0.15) is 0 Å². The average Bonchev–Trinajstić information content (AvgIpc) is 3.07. The Labute approximate surface area is 152 Å². The summed E-state index contributed by atoms with van der Waals surface area (Å²) >= 11 is 1.68. The quantitative estimate of drug-likeness (QED) is 0.610. The van der Waals surface area contributed by atoms with Gasteiger partial charge in [-0.3, -0.25) is 0 Å². The number of hydrogen-bond acceptors (Lipinski definition) is 3. The van der Waals surface area contributed by atoms with Crippen LogP contribution in [0.3, 0.4) is 0 Å². The molecule has 1 aromatic heterocycles. The van der Waals surface area contributed by atoms with Crippen LogP contribution in [0.5, 0.6) is 0 Å². The minimum Gasteiger partial charge on any atom is -0.363 e. The van der Waals surface area contributed by atoms with E-state index in [9.17, 15) is 4.39 Å². The molecule has 3 aromatic rings. The number of anilines is 1. The number of fused-ring (bicyclic) bond motifs is 1. The van der Waals surface area contributed by atoms with Gasteiger partial charge < -0.3 is 4.90 Å². The molecule has 2 aromatic carbocycles. The lowest BCUT2D eigenvalue weighted by Gasteiger charge is -2.36. The Bertz CT molecular complexity index is 885. The third kappa shape index (κ3) is 3.31. The summed E-state index contributed by atoms with van der Waals surface area (Å²) in [4.78, 5) is 7.19. The number of aryl methyl sites for hydroxylation is 2. The number of halogens is 1. The van der Waals surface area contributed by atoms with Crippen molar-refractivity contribution >= 4 is 17.0 Å². The maximum atomic E-state index is 13.5.